The Morgan fingerprint density at radius 3 is 3.00 bits per heavy atom. The van der Waals surface area contributed by atoms with Gasteiger partial charge >= 0.3 is 0 Å². The predicted octanol–water partition coefficient (Wildman–Crippen LogP) is 1.59. The van der Waals surface area contributed by atoms with Crippen molar-refractivity contribution in [1.29, 1.82) is 5.26 Å². The van der Waals surface area contributed by atoms with E-state index in [1.807, 2.05) is 6.92 Å². The van der Waals surface area contributed by atoms with Gasteiger partial charge in [-0.2, -0.15) is 10.4 Å². The molecular weight excluding hydrogens is 164 g/mol. The van der Waals surface area contributed by atoms with Gasteiger partial charge in [0.25, 0.3) is 0 Å². The van der Waals surface area contributed by atoms with Gasteiger partial charge < -0.3 is 5.32 Å². The third kappa shape index (κ3) is 1.37. The van der Waals surface area contributed by atoms with E-state index < -0.39 is 0 Å². The molecule has 0 atom stereocenters. The van der Waals surface area contributed by atoms with Crippen molar-refractivity contribution < 1.29 is 0 Å². The van der Waals surface area contributed by atoms with Crippen LogP contribution in [-0.4, -0.2) is 16.7 Å². The van der Waals surface area contributed by atoms with Gasteiger partial charge in [0, 0.05) is 12.5 Å². The molecule has 13 heavy (non-hydrogen) atoms. The number of nitriles is 1. The Morgan fingerprint density at radius 2 is 2.46 bits per heavy atom. The summed E-state index contributed by atoms with van der Waals surface area (Å²) in [5.41, 5.74) is 1.71. The van der Waals surface area contributed by atoms with Crippen LogP contribution in [0.15, 0.2) is 0 Å². The molecule has 0 aliphatic heterocycles. The molecule has 0 saturated heterocycles. The van der Waals surface area contributed by atoms with Crippen LogP contribution in [0.25, 0.3) is 0 Å². The normalized spacial score (nSPS) is 15.4. The molecule has 68 valence electrons. The van der Waals surface area contributed by atoms with E-state index in [4.69, 9.17) is 5.26 Å². The number of rotatable bonds is 3. The molecule has 0 bridgehead atoms. The molecule has 1 aliphatic rings. The van der Waals surface area contributed by atoms with E-state index in [9.17, 15) is 0 Å². The maximum absolute atomic E-state index is 8.94. The number of H-pyrrole nitrogens is 1. The number of hydrogen-bond acceptors (Lipinski definition) is 3. The summed E-state index contributed by atoms with van der Waals surface area (Å²) in [5.74, 6) is 1.25. The highest BCUT2D eigenvalue weighted by Crippen LogP contribution is 2.41. The lowest BCUT2D eigenvalue weighted by molar-refractivity contribution is 0.961. The van der Waals surface area contributed by atoms with Crippen LogP contribution in [0.2, 0.25) is 0 Å². The number of aromatic nitrogens is 2. The SMILES string of the molecule is CCNc1n[nH]c(C2CC2)c1C#N. The minimum atomic E-state index is 0.551. The third-order valence-electron chi connectivity index (χ3n) is 2.24. The lowest BCUT2D eigenvalue weighted by atomic mass is 10.2. The van der Waals surface area contributed by atoms with Crippen LogP contribution in [0.1, 0.15) is 36.9 Å². The minimum Gasteiger partial charge on any atom is -0.368 e. The van der Waals surface area contributed by atoms with Crippen molar-refractivity contribution >= 4 is 5.82 Å². The fourth-order valence-electron chi connectivity index (χ4n) is 1.43. The fraction of sp³-hybridized carbons (Fsp3) is 0.556. The topological polar surface area (TPSA) is 64.5 Å². The number of nitrogens with zero attached hydrogens (tertiary/aromatic N) is 2. The van der Waals surface area contributed by atoms with Crippen molar-refractivity contribution in [2.24, 2.45) is 0 Å². The summed E-state index contributed by atoms with van der Waals surface area (Å²) >= 11 is 0. The lowest BCUT2D eigenvalue weighted by Gasteiger charge is -1.96. The molecule has 1 saturated carbocycles. The highest BCUT2D eigenvalue weighted by molar-refractivity contribution is 5.55. The van der Waals surface area contributed by atoms with Gasteiger partial charge in [-0.25, -0.2) is 0 Å². The highest BCUT2D eigenvalue weighted by Gasteiger charge is 2.29. The summed E-state index contributed by atoms with van der Waals surface area (Å²) in [6, 6.07) is 2.19. The van der Waals surface area contributed by atoms with Crippen LogP contribution in [0.3, 0.4) is 0 Å². The van der Waals surface area contributed by atoms with Crippen molar-refractivity contribution in [3.63, 3.8) is 0 Å². The first-order valence-electron chi connectivity index (χ1n) is 4.59. The summed E-state index contributed by atoms with van der Waals surface area (Å²) in [7, 11) is 0. The molecule has 1 aromatic heterocycles. The third-order valence-corrected chi connectivity index (χ3v) is 2.24. The highest BCUT2D eigenvalue weighted by atomic mass is 15.2. The Morgan fingerprint density at radius 1 is 1.69 bits per heavy atom. The van der Waals surface area contributed by atoms with Gasteiger partial charge in [0.2, 0.25) is 0 Å². The van der Waals surface area contributed by atoms with Crippen molar-refractivity contribution in [1.82, 2.24) is 10.2 Å². The summed E-state index contributed by atoms with van der Waals surface area (Å²) in [5, 5.41) is 19.0. The Labute approximate surface area is 77.0 Å². The standard InChI is InChI=1S/C9H12N4/c1-2-11-9-7(5-10)8(12-13-9)6-3-4-6/h6H,2-4H2,1H3,(H2,11,12,13). The number of anilines is 1. The minimum absolute atomic E-state index is 0.551. The molecule has 1 aromatic rings. The maximum Gasteiger partial charge on any atom is 0.166 e. The zero-order valence-corrected chi connectivity index (χ0v) is 7.59. The second-order valence-electron chi connectivity index (χ2n) is 3.28. The average molecular weight is 176 g/mol. The van der Waals surface area contributed by atoms with Crippen LogP contribution in [0.5, 0.6) is 0 Å². The quantitative estimate of drug-likeness (QED) is 0.735. The van der Waals surface area contributed by atoms with E-state index in [1.165, 1.54) is 12.8 Å². The number of nitrogens with one attached hydrogen (secondary N) is 2. The predicted molar refractivity (Wildman–Crippen MR) is 49.4 cm³/mol. The summed E-state index contributed by atoms with van der Waals surface area (Å²) in [6.07, 6.45) is 2.37. The van der Waals surface area contributed by atoms with E-state index >= 15 is 0 Å². The van der Waals surface area contributed by atoms with Crippen molar-refractivity contribution in [3.8, 4) is 6.07 Å². The van der Waals surface area contributed by atoms with E-state index in [0.29, 0.717) is 17.3 Å². The van der Waals surface area contributed by atoms with Crippen molar-refractivity contribution in [2.75, 3.05) is 11.9 Å². The molecule has 0 unspecified atom stereocenters. The number of hydrogen-bond donors (Lipinski definition) is 2. The Hall–Kier alpha value is -1.50. The van der Waals surface area contributed by atoms with Crippen LogP contribution < -0.4 is 5.32 Å². The molecule has 4 nitrogen and oxygen atoms in total. The van der Waals surface area contributed by atoms with Gasteiger partial charge in [0.15, 0.2) is 5.82 Å². The molecular formula is C9H12N4. The largest absolute Gasteiger partial charge is 0.368 e. The van der Waals surface area contributed by atoms with Crippen LogP contribution in [0, 0.1) is 11.3 Å². The Bertz CT molecular complexity index is 343. The first-order chi connectivity index (χ1) is 6.36. The molecule has 1 aliphatic carbocycles. The van der Waals surface area contributed by atoms with Gasteiger partial charge in [0.05, 0.1) is 5.69 Å². The smallest absolute Gasteiger partial charge is 0.166 e. The average Bonchev–Trinajstić information content (AvgIpc) is 2.89. The Kier molecular flexibility index (Phi) is 1.93. The van der Waals surface area contributed by atoms with Gasteiger partial charge in [0.1, 0.15) is 11.6 Å². The molecule has 2 rings (SSSR count). The zero-order valence-electron chi connectivity index (χ0n) is 7.59. The molecule has 4 heteroatoms. The van der Waals surface area contributed by atoms with Gasteiger partial charge in [-0.3, -0.25) is 5.10 Å². The molecule has 2 N–H and O–H groups in total. The van der Waals surface area contributed by atoms with E-state index in [0.717, 1.165) is 12.2 Å². The molecule has 0 aromatic carbocycles. The lowest BCUT2D eigenvalue weighted by Crippen LogP contribution is -1.98. The molecule has 1 fully saturated rings. The van der Waals surface area contributed by atoms with Crippen LogP contribution in [-0.2, 0) is 0 Å². The van der Waals surface area contributed by atoms with Crippen LogP contribution in [0.4, 0.5) is 5.82 Å². The monoisotopic (exact) mass is 176 g/mol. The maximum atomic E-state index is 8.94. The zero-order chi connectivity index (χ0) is 9.26. The van der Waals surface area contributed by atoms with Crippen molar-refractivity contribution in [2.45, 2.75) is 25.7 Å². The first kappa shape index (κ1) is 8.11. The van der Waals surface area contributed by atoms with Gasteiger partial charge in [-0.1, -0.05) is 0 Å². The fourth-order valence-corrected chi connectivity index (χ4v) is 1.43. The second-order valence-corrected chi connectivity index (χ2v) is 3.28. The van der Waals surface area contributed by atoms with Crippen LogP contribution >= 0.6 is 0 Å². The molecule has 0 spiro atoms. The summed E-state index contributed by atoms with van der Waals surface area (Å²) in [4.78, 5) is 0. The Balaban J connectivity index is 2.31. The van der Waals surface area contributed by atoms with E-state index in [2.05, 4.69) is 21.6 Å². The van der Waals surface area contributed by atoms with E-state index in [1.54, 1.807) is 0 Å². The van der Waals surface area contributed by atoms with Gasteiger partial charge in [-0.15, -0.1) is 0 Å². The molecule has 1 heterocycles. The van der Waals surface area contributed by atoms with E-state index in [-0.39, 0.29) is 0 Å². The number of aromatic amines is 1. The summed E-state index contributed by atoms with van der Waals surface area (Å²) in [6.45, 7) is 2.79. The molecule has 0 radical (unpaired) electrons. The van der Waals surface area contributed by atoms with Gasteiger partial charge in [-0.05, 0) is 19.8 Å². The second kappa shape index (κ2) is 3.09. The molecule has 0 amide bonds. The first-order valence-corrected chi connectivity index (χ1v) is 4.59. The van der Waals surface area contributed by atoms with Crippen molar-refractivity contribution in [3.05, 3.63) is 11.3 Å². The summed E-state index contributed by atoms with van der Waals surface area (Å²) < 4.78 is 0.